The number of hydrogen-bond donors (Lipinski definition) is 2. The SMILES string of the molecule is C[C@H](CO)N1C[C@H](C)[C@H](CN(C)C(=O)NC2CCCCC2)OCCCC[C@H](C)Oc2ccc(N(C)C)cc2C1=O. The van der Waals surface area contributed by atoms with Crippen molar-refractivity contribution in [3.63, 3.8) is 0 Å². The number of anilines is 1. The second-order valence-corrected chi connectivity index (χ2v) is 12.0. The molecule has 0 saturated heterocycles. The topological polar surface area (TPSA) is 94.6 Å². The molecule has 2 N–H and O–H groups in total. The zero-order valence-corrected chi connectivity index (χ0v) is 25.5. The molecule has 40 heavy (non-hydrogen) atoms. The summed E-state index contributed by atoms with van der Waals surface area (Å²) in [7, 11) is 5.70. The molecule has 3 amide bonds. The zero-order valence-electron chi connectivity index (χ0n) is 25.5. The van der Waals surface area contributed by atoms with E-state index in [1.807, 2.05) is 58.1 Å². The van der Waals surface area contributed by atoms with Crippen LogP contribution < -0.4 is 15.0 Å². The molecule has 1 heterocycles. The first kappa shape index (κ1) is 32.0. The quantitative estimate of drug-likeness (QED) is 0.531. The standard InChI is InChI=1S/C31H52N4O5/c1-22-19-35(23(2)21-36)30(37)27-18-26(33(4)5)15-16-28(27)40-24(3)12-10-11-17-39-29(22)20-34(6)31(38)32-25-13-8-7-9-14-25/h15-16,18,22-25,29,36H,7-14,17,19-21H2,1-6H3,(H,32,38)/t22-,23+,24-,29-/m0/s1. The normalized spacial score (nSPS) is 24.3. The van der Waals surface area contributed by atoms with Crippen LogP contribution in [0, 0.1) is 5.92 Å². The molecule has 9 nitrogen and oxygen atoms in total. The highest BCUT2D eigenvalue weighted by Crippen LogP contribution is 2.29. The van der Waals surface area contributed by atoms with Gasteiger partial charge in [-0.3, -0.25) is 4.79 Å². The van der Waals surface area contributed by atoms with Crippen molar-refractivity contribution in [1.82, 2.24) is 15.1 Å². The number of hydrogen-bond acceptors (Lipinski definition) is 6. The molecule has 0 aromatic heterocycles. The second kappa shape index (κ2) is 15.5. The molecule has 2 aliphatic rings. The largest absolute Gasteiger partial charge is 0.490 e. The molecular weight excluding hydrogens is 508 g/mol. The lowest BCUT2D eigenvalue weighted by atomic mass is 9.96. The van der Waals surface area contributed by atoms with E-state index in [4.69, 9.17) is 9.47 Å². The van der Waals surface area contributed by atoms with E-state index in [2.05, 4.69) is 12.2 Å². The number of nitrogens with zero attached hydrogens (tertiary/aromatic N) is 3. The van der Waals surface area contributed by atoms with Crippen LogP contribution in [0.5, 0.6) is 5.75 Å². The molecule has 3 rings (SSSR count). The fourth-order valence-corrected chi connectivity index (χ4v) is 5.54. The number of likely N-dealkylation sites (N-methyl/N-ethyl adjacent to an activating group) is 1. The van der Waals surface area contributed by atoms with Crippen molar-refractivity contribution in [2.24, 2.45) is 5.92 Å². The molecule has 1 aromatic rings. The van der Waals surface area contributed by atoms with Crippen molar-refractivity contribution in [3.8, 4) is 5.75 Å². The molecule has 226 valence electrons. The number of benzene rings is 1. The summed E-state index contributed by atoms with van der Waals surface area (Å²) in [4.78, 5) is 32.5. The molecule has 1 fully saturated rings. The molecule has 1 aromatic carbocycles. The van der Waals surface area contributed by atoms with Crippen LogP contribution in [0.4, 0.5) is 10.5 Å². The monoisotopic (exact) mass is 560 g/mol. The Hall–Kier alpha value is -2.52. The summed E-state index contributed by atoms with van der Waals surface area (Å²) >= 11 is 0. The summed E-state index contributed by atoms with van der Waals surface area (Å²) in [6.07, 6.45) is 7.97. The van der Waals surface area contributed by atoms with Crippen molar-refractivity contribution in [1.29, 1.82) is 0 Å². The van der Waals surface area contributed by atoms with E-state index >= 15 is 0 Å². The highest BCUT2D eigenvalue weighted by Gasteiger charge is 2.31. The number of carbonyl (C=O) groups is 2. The predicted octanol–water partition coefficient (Wildman–Crippen LogP) is 4.52. The molecule has 0 radical (unpaired) electrons. The summed E-state index contributed by atoms with van der Waals surface area (Å²) in [6, 6.07) is 5.47. The van der Waals surface area contributed by atoms with Crippen LogP contribution in [0.25, 0.3) is 0 Å². The third-order valence-corrected chi connectivity index (χ3v) is 8.28. The smallest absolute Gasteiger partial charge is 0.317 e. The molecule has 4 atom stereocenters. The number of urea groups is 1. The van der Waals surface area contributed by atoms with Crippen molar-refractivity contribution in [3.05, 3.63) is 23.8 Å². The van der Waals surface area contributed by atoms with Crippen LogP contribution >= 0.6 is 0 Å². The van der Waals surface area contributed by atoms with Crippen molar-refractivity contribution in [2.75, 3.05) is 52.3 Å². The number of nitrogens with one attached hydrogen (secondary N) is 1. The number of amides is 3. The summed E-state index contributed by atoms with van der Waals surface area (Å²) in [5.74, 6) is 0.305. The number of fused-ring (bicyclic) bond motifs is 1. The van der Waals surface area contributed by atoms with E-state index in [1.165, 1.54) is 6.42 Å². The lowest BCUT2D eigenvalue weighted by Gasteiger charge is -2.36. The third kappa shape index (κ3) is 8.99. The van der Waals surface area contributed by atoms with Crippen LogP contribution in [-0.4, -0.2) is 98.6 Å². The Morgan fingerprint density at radius 2 is 1.80 bits per heavy atom. The molecule has 0 unspecified atom stereocenters. The minimum Gasteiger partial charge on any atom is -0.490 e. The number of rotatable bonds is 6. The maximum atomic E-state index is 14.1. The fraction of sp³-hybridized carbons (Fsp3) is 0.742. The molecule has 0 bridgehead atoms. The van der Waals surface area contributed by atoms with E-state index in [-0.39, 0.29) is 42.7 Å². The summed E-state index contributed by atoms with van der Waals surface area (Å²) in [5.41, 5.74) is 1.39. The van der Waals surface area contributed by atoms with Gasteiger partial charge in [0, 0.05) is 58.5 Å². The Balaban J connectivity index is 1.85. The summed E-state index contributed by atoms with van der Waals surface area (Å²) < 4.78 is 12.7. The molecule has 1 aliphatic heterocycles. The van der Waals surface area contributed by atoms with Gasteiger partial charge < -0.3 is 34.6 Å². The van der Waals surface area contributed by atoms with Gasteiger partial charge in [-0.15, -0.1) is 0 Å². The third-order valence-electron chi connectivity index (χ3n) is 8.28. The van der Waals surface area contributed by atoms with Crippen LogP contribution in [0.3, 0.4) is 0 Å². The maximum Gasteiger partial charge on any atom is 0.317 e. The van der Waals surface area contributed by atoms with Gasteiger partial charge in [0.05, 0.1) is 30.4 Å². The number of aliphatic hydroxyl groups is 1. The summed E-state index contributed by atoms with van der Waals surface area (Å²) in [6.45, 7) is 7.16. The van der Waals surface area contributed by atoms with Gasteiger partial charge >= 0.3 is 6.03 Å². The molecule has 0 spiro atoms. The zero-order chi connectivity index (χ0) is 29.2. The van der Waals surface area contributed by atoms with Gasteiger partial charge in [0.1, 0.15) is 5.75 Å². The van der Waals surface area contributed by atoms with E-state index in [0.29, 0.717) is 31.0 Å². The van der Waals surface area contributed by atoms with Gasteiger partial charge in [-0.05, 0) is 64.2 Å². The second-order valence-electron chi connectivity index (χ2n) is 12.0. The highest BCUT2D eigenvalue weighted by molar-refractivity contribution is 5.98. The predicted molar refractivity (Wildman–Crippen MR) is 159 cm³/mol. The first-order valence-corrected chi connectivity index (χ1v) is 15.1. The van der Waals surface area contributed by atoms with Crippen molar-refractivity contribution in [2.45, 2.75) is 96.4 Å². The first-order valence-electron chi connectivity index (χ1n) is 15.1. The van der Waals surface area contributed by atoms with Gasteiger partial charge in [-0.2, -0.15) is 0 Å². The molecule has 1 aliphatic carbocycles. The van der Waals surface area contributed by atoms with E-state index < -0.39 is 6.04 Å². The van der Waals surface area contributed by atoms with Crippen molar-refractivity contribution >= 4 is 17.6 Å². The average molecular weight is 561 g/mol. The van der Waals surface area contributed by atoms with Crippen LogP contribution in [0.15, 0.2) is 18.2 Å². The number of ether oxygens (including phenoxy) is 2. The van der Waals surface area contributed by atoms with Gasteiger partial charge in [0.2, 0.25) is 0 Å². The van der Waals surface area contributed by atoms with Gasteiger partial charge in [0.15, 0.2) is 0 Å². The Morgan fingerprint density at radius 3 is 2.48 bits per heavy atom. The summed E-state index contributed by atoms with van der Waals surface area (Å²) in [5, 5.41) is 13.3. The average Bonchev–Trinajstić information content (AvgIpc) is 2.94. The Kier molecular flexibility index (Phi) is 12.4. The van der Waals surface area contributed by atoms with Gasteiger partial charge in [0.25, 0.3) is 5.91 Å². The minimum atomic E-state index is -0.399. The lowest BCUT2D eigenvalue weighted by Crippen LogP contribution is -2.50. The molecule has 9 heteroatoms. The molecular formula is C31H52N4O5. The first-order chi connectivity index (χ1) is 19.1. The Labute approximate surface area is 241 Å². The van der Waals surface area contributed by atoms with Gasteiger partial charge in [-0.1, -0.05) is 26.2 Å². The molecule has 1 saturated carbocycles. The number of aliphatic hydroxyl groups excluding tert-OH is 1. The minimum absolute atomic E-state index is 0.0623. The highest BCUT2D eigenvalue weighted by atomic mass is 16.5. The lowest BCUT2D eigenvalue weighted by molar-refractivity contribution is -0.0123. The van der Waals surface area contributed by atoms with E-state index in [1.54, 1.807) is 9.80 Å². The van der Waals surface area contributed by atoms with Crippen molar-refractivity contribution < 1.29 is 24.2 Å². The van der Waals surface area contributed by atoms with Crippen LogP contribution in [0.1, 0.15) is 82.5 Å². The number of carbonyl (C=O) groups excluding carboxylic acids is 2. The van der Waals surface area contributed by atoms with E-state index in [9.17, 15) is 14.7 Å². The van der Waals surface area contributed by atoms with Gasteiger partial charge in [-0.25, -0.2) is 4.79 Å². The Bertz CT molecular complexity index is 952. The maximum absolute atomic E-state index is 14.1. The van der Waals surface area contributed by atoms with Crippen LogP contribution in [0.2, 0.25) is 0 Å². The van der Waals surface area contributed by atoms with Crippen LogP contribution in [-0.2, 0) is 4.74 Å². The fourth-order valence-electron chi connectivity index (χ4n) is 5.54. The Morgan fingerprint density at radius 1 is 1.10 bits per heavy atom. The van der Waals surface area contributed by atoms with E-state index in [0.717, 1.165) is 50.6 Å².